The third-order valence-electron chi connectivity index (χ3n) is 3.58. The normalized spacial score (nSPS) is 13.2. The maximum Gasteiger partial charge on any atom is 0.436 e. The third-order valence-corrected chi connectivity index (χ3v) is 4.53. The number of aromatic nitrogens is 4. The Hall–Kier alpha value is -1.84. The Bertz CT molecular complexity index is 750. The molecule has 0 radical (unpaired) electrons. The number of carbonyl (C=O) groups is 1. The van der Waals surface area contributed by atoms with E-state index in [1.54, 1.807) is 18.7 Å². The zero-order valence-electron chi connectivity index (χ0n) is 12.9. The summed E-state index contributed by atoms with van der Waals surface area (Å²) in [5.41, 5.74) is 0.416. The van der Waals surface area contributed by atoms with Crippen LogP contribution in [0.3, 0.4) is 0 Å². The molecule has 0 unspecified atom stereocenters. The molecule has 23 heavy (non-hydrogen) atoms. The van der Waals surface area contributed by atoms with Crippen molar-refractivity contribution in [2.45, 2.75) is 33.0 Å². The Morgan fingerprint density at radius 3 is 2.39 bits per heavy atom. The highest BCUT2D eigenvalue weighted by Gasteiger charge is 2.39. The molecule has 0 aliphatic carbocycles. The number of carbonyl (C=O) groups excluding carboxylic acids is 1. The lowest BCUT2D eigenvalue weighted by molar-refractivity contribution is -0.142. The van der Waals surface area contributed by atoms with E-state index < -0.39 is 23.8 Å². The molecule has 2 aromatic rings. The number of amides is 1. The van der Waals surface area contributed by atoms with E-state index in [0.29, 0.717) is 5.69 Å². The maximum absolute atomic E-state index is 12.9. The lowest BCUT2D eigenvalue weighted by atomic mass is 10.3. The Labute approximate surface area is 138 Å². The van der Waals surface area contributed by atoms with Crippen molar-refractivity contribution in [1.29, 1.82) is 0 Å². The Kier molecular flexibility index (Phi) is 4.56. The van der Waals surface area contributed by atoms with Crippen molar-refractivity contribution in [2.24, 2.45) is 7.05 Å². The highest BCUT2D eigenvalue weighted by molar-refractivity contribution is 9.10. The van der Waals surface area contributed by atoms with Crippen LogP contribution in [0.15, 0.2) is 10.7 Å². The molecule has 0 spiro atoms. The van der Waals surface area contributed by atoms with E-state index in [4.69, 9.17) is 0 Å². The fraction of sp³-hybridized carbons (Fsp3) is 0.462. The van der Waals surface area contributed by atoms with Gasteiger partial charge in [0.05, 0.1) is 27.7 Å². The summed E-state index contributed by atoms with van der Waals surface area (Å²) in [5, 5.41) is 10.2. The number of nitrogens with one attached hydrogen (secondary N) is 1. The number of aryl methyl sites for hydroxylation is 1. The van der Waals surface area contributed by atoms with Crippen molar-refractivity contribution >= 4 is 27.5 Å². The van der Waals surface area contributed by atoms with Crippen LogP contribution in [0.1, 0.15) is 30.0 Å². The van der Waals surface area contributed by atoms with Crippen LogP contribution in [0.25, 0.3) is 0 Å². The molecule has 0 saturated heterocycles. The molecule has 2 rings (SSSR count). The minimum absolute atomic E-state index is 0.165. The number of hydrogen-bond donors (Lipinski definition) is 1. The fourth-order valence-electron chi connectivity index (χ4n) is 2.03. The van der Waals surface area contributed by atoms with Crippen molar-refractivity contribution in [1.82, 2.24) is 19.6 Å². The molecule has 1 atom stereocenters. The number of alkyl halides is 3. The zero-order chi connectivity index (χ0) is 17.5. The van der Waals surface area contributed by atoms with Gasteiger partial charge in [-0.05, 0) is 36.7 Å². The fourth-order valence-corrected chi connectivity index (χ4v) is 2.51. The van der Waals surface area contributed by atoms with Gasteiger partial charge in [-0.3, -0.25) is 14.2 Å². The summed E-state index contributed by atoms with van der Waals surface area (Å²) < 4.78 is 41.1. The van der Waals surface area contributed by atoms with Gasteiger partial charge >= 0.3 is 6.18 Å². The first-order chi connectivity index (χ1) is 10.5. The minimum atomic E-state index is -4.59. The lowest BCUT2D eigenvalue weighted by Gasteiger charge is -2.14. The van der Waals surface area contributed by atoms with E-state index in [9.17, 15) is 18.0 Å². The van der Waals surface area contributed by atoms with Gasteiger partial charge in [-0.2, -0.15) is 23.4 Å². The standard InChI is InChI=1S/C13H15BrF3N5O/c1-6-9(5-18-21(6)4)19-12(23)8(3)22-7(2)10(14)11(20-22)13(15,16)17/h5,8H,1-4H3,(H,19,23)/t8-/m0/s1. The van der Waals surface area contributed by atoms with Gasteiger partial charge in [0, 0.05) is 7.05 Å². The van der Waals surface area contributed by atoms with E-state index in [-0.39, 0.29) is 10.2 Å². The third kappa shape index (κ3) is 3.26. The number of hydrogen-bond acceptors (Lipinski definition) is 3. The van der Waals surface area contributed by atoms with E-state index in [2.05, 4.69) is 31.4 Å². The van der Waals surface area contributed by atoms with Crippen LogP contribution in [0.5, 0.6) is 0 Å². The van der Waals surface area contributed by atoms with Gasteiger partial charge < -0.3 is 5.32 Å². The number of rotatable bonds is 3. The van der Waals surface area contributed by atoms with E-state index >= 15 is 0 Å². The Morgan fingerprint density at radius 2 is 1.96 bits per heavy atom. The summed E-state index contributed by atoms with van der Waals surface area (Å²) in [7, 11) is 1.72. The molecule has 0 fully saturated rings. The zero-order valence-corrected chi connectivity index (χ0v) is 14.4. The highest BCUT2D eigenvalue weighted by Crippen LogP contribution is 2.36. The molecule has 6 nitrogen and oxygen atoms in total. The van der Waals surface area contributed by atoms with Crippen molar-refractivity contribution in [3.05, 3.63) is 27.8 Å². The Morgan fingerprint density at radius 1 is 1.35 bits per heavy atom. The van der Waals surface area contributed by atoms with Gasteiger partial charge in [-0.25, -0.2) is 0 Å². The second kappa shape index (κ2) is 5.99. The summed E-state index contributed by atoms with van der Waals surface area (Å²) >= 11 is 2.89. The van der Waals surface area contributed by atoms with Crippen LogP contribution in [0.2, 0.25) is 0 Å². The largest absolute Gasteiger partial charge is 0.436 e. The van der Waals surface area contributed by atoms with Crippen molar-refractivity contribution < 1.29 is 18.0 Å². The average Bonchev–Trinajstić information content (AvgIpc) is 2.93. The van der Waals surface area contributed by atoms with Crippen LogP contribution in [0.4, 0.5) is 18.9 Å². The first-order valence-corrected chi connectivity index (χ1v) is 7.44. The van der Waals surface area contributed by atoms with Crippen molar-refractivity contribution in [3.8, 4) is 0 Å². The smallest absolute Gasteiger partial charge is 0.321 e. The number of anilines is 1. The number of halogens is 4. The summed E-state index contributed by atoms with van der Waals surface area (Å²) in [4.78, 5) is 12.3. The molecule has 2 aromatic heterocycles. The summed E-state index contributed by atoms with van der Waals surface area (Å²) in [6.45, 7) is 4.71. The molecule has 10 heteroatoms. The topological polar surface area (TPSA) is 64.7 Å². The van der Waals surface area contributed by atoms with Gasteiger partial charge in [0.2, 0.25) is 5.91 Å². The number of nitrogens with zero attached hydrogens (tertiary/aromatic N) is 4. The molecule has 1 amide bonds. The van der Waals surface area contributed by atoms with Crippen molar-refractivity contribution in [2.75, 3.05) is 5.32 Å². The Balaban J connectivity index is 2.28. The van der Waals surface area contributed by atoms with Crippen LogP contribution >= 0.6 is 15.9 Å². The van der Waals surface area contributed by atoms with Gasteiger partial charge in [-0.1, -0.05) is 0 Å². The molecule has 126 valence electrons. The van der Waals surface area contributed by atoms with Gasteiger partial charge in [0.15, 0.2) is 5.69 Å². The van der Waals surface area contributed by atoms with Crippen LogP contribution in [0, 0.1) is 13.8 Å². The molecular formula is C13H15BrF3N5O. The highest BCUT2D eigenvalue weighted by atomic mass is 79.9. The van der Waals surface area contributed by atoms with Crippen LogP contribution in [-0.4, -0.2) is 25.5 Å². The maximum atomic E-state index is 12.9. The lowest BCUT2D eigenvalue weighted by Crippen LogP contribution is -2.25. The summed E-state index contributed by atoms with van der Waals surface area (Å²) in [5.74, 6) is -0.479. The monoisotopic (exact) mass is 393 g/mol. The van der Waals surface area contributed by atoms with Gasteiger partial charge in [-0.15, -0.1) is 0 Å². The molecular weight excluding hydrogens is 379 g/mol. The van der Waals surface area contributed by atoms with E-state index in [1.165, 1.54) is 20.0 Å². The second-order valence-electron chi connectivity index (χ2n) is 5.12. The first-order valence-electron chi connectivity index (χ1n) is 6.65. The SMILES string of the molecule is Cc1c(NC(=O)[C@H](C)n2nc(C(F)(F)F)c(Br)c2C)cnn1C. The molecule has 0 aromatic carbocycles. The molecule has 0 saturated carbocycles. The van der Waals surface area contributed by atoms with Crippen molar-refractivity contribution in [3.63, 3.8) is 0 Å². The quantitative estimate of drug-likeness (QED) is 0.870. The van der Waals surface area contributed by atoms with Gasteiger partial charge in [0.25, 0.3) is 0 Å². The predicted octanol–water partition coefficient (Wildman–Crippen LogP) is 3.21. The van der Waals surface area contributed by atoms with E-state index in [0.717, 1.165) is 10.4 Å². The van der Waals surface area contributed by atoms with Gasteiger partial charge in [0.1, 0.15) is 6.04 Å². The van der Waals surface area contributed by atoms with E-state index in [1.807, 2.05) is 0 Å². The molecule has 0 aliphatic rings. The molecule has 0 aliphatic heterocycles. The summed E-state index contributed by atoms with van der Waals surface area (Å²) in [6, 6.07) is -0.915. The first kappa shape index (κ1) is 17.5. The molecule has 1 N–H and O–H groups in total. The average molecular weight is 394 g/mol. The summed E-state index contributed by atoms with van der Waals surface area (Å²) in [6.07, 6.45) is -3.11. The second-order valence-corrected chi connectivity index (χ2v) is 5.92. The minimum Gasteiger partial charge on any atom is -0.321 e. The van der Waals surface area contributed by atoms with Crippen LogP contribution < -0.4 is 5.32 Å². The molecule has 2 heterocycles. The molecule has 0 bridgehead atoms. The predicted molar refractivity (Wildman–Crippen MR) is 81.0 cm³/mol. The van der Waals surface area contributed by atoms with Crippen LogP contribution in [-0.2, 0) is 18.0 Å².